The van der Waals surface area contributed by atoms with Crippen LogP contribution in [0.1, 0.15) is 21.6 Å². The number of benzene rings is 2. The van der Waals surface area contributed by atoms with Crippen LogP contribution in [0.25, 0.3) is 0 Å². The second kappa shape index (κ2) is 8.95. The van der Waals surface area contributed by atoms with Gasteiger partial charge in [-0.25, -0.2) is 14.1 Å². The predicted molar refractivity (Wildman–Crippen MR) is 119 cm³/mol. The van der Waals surface area contributed by atoms with Gasteiger partial charge in [-0.15, -0.1) is 0 Å². The topological polar surface area (TPSA) is 64.7 Å². The molecular formula is C22H19ClFN5OS. The Morgan fingerprint density at radius 1 is 1.19 bits per heavy atom. The smallest absolute Gasteiger partial charge is 0.260 e. The lowest BCUT2D eigenvalue weighted by atomic mass is 10.2. The first-order valence-corrected chi connectivity index (χ1v) is 10.6. The van der Waals surface area contributed by atoms with Gasteiger partial charge in [-0.05, 0) is 48.5 Å². The van der Waals surface area contributed by atoms with Crippen molar-refractivity contribution in [1.29, 1.82) is 0 Å². The maximum Gasteiger partial charge on any atom is 0.260 e. The normalized spacial score (nSPS) is 11.0. The Hall–Kier alpha value is -3.10. The average molecular weight is 456 g/mol. The summed E-state index contributed by atoms with van der Waals surface area (Å²) < 4.78 is 16.6. The van der Waals surface area contributed by atoms with Gasteiger partial charge in [0, 0.05) is 24.3 Å². The molecule has 4 aromatic rings. The molecule has 0 bridgehead atoms. The minimum Gasteiger partial charge on any atom is -0.329 e. The molecule has 2 aromatic carbocycles. The quantitative estimate of drug-likeness (QED) is 0.435. The molecule has 4 rings (SSSR count). The van der Waals surface area contributed by atoms with Crippen molar-refractivity contribution in [2.24, 2.45) is 7.05 Å². The minimum absolute atomic E-state index is 0.230. The van der Waals surface area contributed by atoms with E-state index in [4.69, 9.17) is 11.6 Å². The number of nitrogens with one attached hydrogen (secondary N) is 1. The van der Waals surface area contributed by atoms with Gasteiger partial charge in [-0.3, -0.25) is 4.79 Å². The summed E-state index contributed by atoms with van der Waals surface area (Å²) >= 11 is 7.95. The highest BCUT2D eigenvalue weighted by molar-refractivity contribution is 7.99. The Labute approximate surface area is 188 Å². The lowest BCUT2D eigenvalue weighted by Gasteiger charge is -2.11. The number of para-hydroxylation sites is 1. The summed E-state index contributed by atoms with van der Waals surface area (Å²) in [5.74, 6) is -0.658. The fraction of sp³-hybridized carbons (Fsp3) is 0.136. The molecule has 31 heavy (non-hydrogen) atoms. The molecule has 0 radical (unpaired) electrons. The first-order chi connectivity index (χ1) is 14.9. The molecule has 0 fully saturated rings. The van der Waals surface area contributed by atoms with Crippen LogP contribution in [-0.4, -0.2) is 25.2 Å². The number of hydrogen-bond acceptors (Lipinski definition) is 4. The molecule has 2 heterocycles. The standard InChI is InChI=1S/C22H19ClFN5OS/c1-14-19(20(23)29(27-14)13-15-7-9-16(24)10-8-15)21(30)26-17-5-3-4-6-18(17)31-22-25-11-12-28(22)2/h3-12H,13H2,1-2H3,(H,26,30). The summed E-state index contributed by atoms with van der Waals surface area (Å²) in [5, 5.41) is 8.38. The zero-order valence-corrected chi connectivity index (χ0v) is 18.4. The maximum atomic E-state index is 13.2. The summed E-state index contributed by atoms with van der Waals surface area (Å²) in [6, 6.07) is 13.6. The van der Waals surface area contributed by atoms with Crippen molar-refractivity contribution in [3.8, 4) is 0 Å². The van der Waals surface area contributed by atoms with Crippen molar-refractivity contribution < 1.29 is 9.18 Å². The van der Waals surface area contributed by atoms with E-state index >= 15 is 0 Å². The van der Waals surface area contributed by atoms with Gasteiger partial charge >= 0.3 is 0 Å². The van der Waals surface area contributed by atoms with Crippen LogP contribution in [0.4, 0.5) is 10.1 Å². The van der Waals surface area contributed by atoms with Crippen molar-refractivity contribution >= 4 is 35.0 Å². The second-order valence-corrected chi connectivity index (χ2v) is 8.28. The highest BCUT2D eigenvalue weighted by Gasteiger charge is 2.21. The van der Waals surface area contributed by atoms with Crippen LogP contribution in [-0.2, 0) is 13.6 Å². The predicted octanol–water partition coefficient (Wildman–Crippen LogP) is 5.17. The maximum absolute atomic E-state index is 13.2. The fourth-order valence-electron chi connectivity index (χ4n) is 3.07. The zero-order chi connectivity index (χ0) is 22.0. The average Bonchev–Trinajstić information content (AvgIpc) is 3.27. The number of anilines is 1. The number of aromatic nitrogens is 4. The molecular weight excluding hydrogens is 437 g/mol. The highest BCUT2D eigenvalue weighted by atomic mass is 35.5. The fourth-order valence-corrected chi connectivity index (χ4v) is 4.28. The first kappa shape index (κ1) is 21.1. The number of imidazole rings is 1. The van der Waals surface area contributed by atoms with Crippen molar-refractivity contribution in [2.75, 3.05) is 5.32 Å². The third-order valence-electron chi connectivity index (χ3n) is 4.65. The van der Waals surface area contributed by atoms with Crippen molar-refractivity contribution in [1.82, 2.24) is 19.3 Å². The van der Waals surface area contributed by atoms with E-state index in [-0.39, 0.29) is 16.9 Å². The number of carbonyl (C=O) groups is 1. The van der Waals surface area contributed by atoms with Gasteiger partial charge in [0.15, 0.2) is 5.16 Å². The summed E-state index contributed by atoms with van der Waals surface area (Å²) in [4.78, 5) is 18.2. The number of carbonyl (C=O) groups excluding carboxylic acids is 1. The summed E-state index contributed by atoms with van der Waals surface area (Å²) in [6.45, 7) is 2.06. The molecule has 6 nitrogen and oxygen atoms in total. The summed E-state index contributed by atoms with van der Waals surface area (Å²) in [7, 11) is 1.91. The lowest BCUT2D eigenvalue weighted by molar-refractivity contribution is 0.102. The number of hydrogen-bond donors (Lipinski definition) is 1. The van der Waals surface area contributed by atoms with Gasteiger partial charge < -0.3 is 9.88 Å². The SMILES string of the molecule is Cc1nn(Cc2ccc(F)cc2)c(Cl)c1C(=O)Nc1ccccc1Sc1nccn1C. The van der Waals surface area contributed by atoms with Crippen molar-refractivity contribution in [2.45, 2.75) is 23.5 Å². The van der Waals surface area contributed by atoms with E-state index < -0.39 is 0 Å². The van der Waals surface area contributed by atoms with E-state index in [1.165, 1.54) is 28.6 Å². The minimum atomic E-state index is -0.347. The van der Waals surface area contributed by atoms with E-state index in [9.17, 15) is 9.18 Å². The summed E-state index contributed by atoms with van der Waals surface area (Å²) in [6.07, 6.45) is 3.59. The van der Waals surface area contributed by atoms with Gasteiger partial charge in [0.2, 0.25) is 0 Å². The van der Waals surface area contributed by atoms with Gasteiger partial charge in [0.05, 0.1) is 23.5 Å². The number of aryl methyl sites for hydroxylation is 2. The number of rotatable bonds is 6. The Bertz CT molecular complexity index is 1240. The Kier molecular flexibility index (Phi) is 6.11. The number of halogens is 2. The van der Waals surface area contributed by atoms with Crippen LogP contribution in [0.5, 0.6) is 0 Å². The van der Waals surface area contributed by atoms with Crippen LogP contribution in [0.2, 0.25) is 5.15 Å². The largest absolute Gasteiger partial charge is 0.329 e. The monoisotopic (exact) mass is 455 g/mol. The van der Waals surface area contributed by atoms with Crippen LogP contribution in [0, 0.1) is 12.7 Å². The molecule has 1 N–H and O–H groups in total. The molecule has 0 saturated heterocycles. The number of nitrogens with zero attached hydrogens (tertiary/aromatic N) is 4. The van der Waals surface area contributed by atoms with Crippen molar-refractivity contribution in [3.05, 3.63) is 88.7 Å². The zero-order valence-electron chi connectivity index (χ0n) is 16.8. The molecule has 0 aliphatic rings. The Morgan fingerprint density at radius 2 is 1.94 bits per heavy atom. The van der Waals surface area contributed by atoms with Gasteiger partial charge in [0.1, 0.15) is 11.0 Å². The highest BCUT2D eigenvalue weighted by Crippen LogP contribution is 2.33. The van der Waals surface area contributed by atoms with Crippen LogP contribution in [0.15, 0.2) is 71.0 Å². The molecule has 158 valence electrons. The third kappa shape index (κ3) is 4.65. The molecule has 1 amide bonds. The third-order valence-corrected chi connectivity index (χ3v) is 6.19. The van der Waals surface area contributed by atoms with Crippen LogP contribution < -0.4 is 5.32 Å². The van der Waals surface area contributed by atoms with Crippen molar-refractivity contribution in [3.63, 3.8) is 0 Å². The van der Waals surface area contributed by atoms with Crippen LogP contribution in [0.3, 0.4) is 0 Å². The first-order valence-electron chi connectivity index (χ1n) is 9.45. The Morgan fingerprint density at radius 3 is 2.65 bits per heavy atom. The lowest BCUT2D eigenvalue weighted by Crippen LogP contribution is -2.14. The van der Waals surface area contributed by atoms with E-state index in [0.717, 1.165) is 15.6 Å². The molecule has 2 aromatic heterocycles. The second-order valence-electron chi connectivity index (χ2n) is 6.91. The molecule has 0 saturated carbocycles. The number of amides is 1. The molecule has 0 spiro atoms. The molecule has 9 heteroatoms. The molecule has 0 unspecified atom stereocenters. The van der Waals surface area contributed by atoms with Gasteiger partial charge in [0.25, 0.3) is 5.91 Å². The van der Waals surface area contributed by atoms with Crippen LogP contribution >= 0.6 is 23.4 Å². The van der Waals surface area contributed by atoms with E-state index in [1.54, 1.807) is 25.3 Å². The van der Waals surface area contributed by atoms with E-state index in [1.807, 2.05) is 42.1 Å². The van der Waals surface area contributed by atoms with Gasteiger partial charge in [-0.1, -0.05) is 35.9 Å². The van der Waals surface area contributed by atoms with Gasteiger partial charge in [-0.2, -0.15) is 5.10 Å². The molecule has 0 atom stereocenters. The van der Waals surface area contributed by atoms with E-state index in [2.05, 4.69) is 15.4 Å². The Balaban J connectivity index is 1.56. The molecule has 0 aliphatic carbocycles. The molecule has 0 aliphatic heterocycles. The van der Waals surface area contributed by atoms with E-state index in [0.29, 0.717) is 23.5 Å². The summed E-state index contributed by atoms with van der Waals surface area (Å²) in [5.41, 5.74) is 2.30.